The Morgan fingerprint density at radius 1 is 1.00 bits per heavy atom. The first-order chi connectivity index (χ1) is 11.6. The van der Waals surface area contributed by atoms with E-state index < -0.39 is 5.97 Å². The van der Waals surface area contributed by atoms with Crippen molar-refractivity contribution >= 4 is 17.3 Å². The van der Waals surface area contributed by atoms with Gasteiger partial charge in [0.2, 0.25) is 0 Å². The van der Waals surface area contributed by atoms with Crippen molar-refractivity contribution in [2.24, 2.45) is 0 Å². The number of benzene rings is 2. The molecule has 0 aliphatic carbocycles. The van der Waals surface area contributed by atoms with E-state index in [1.54, 1.807) is 50.7 Å². The predicted octanol–water partition coefficient (Wildman–Crippen LogP) is 3.50. The van der Waals surface area contributed by atoms with Crippen molar-refractivity contribution in [1.29, 1.82) is 0 Å². The zero-order valence-corrected chi connectivity index (χ0v) is 14.5. The van der Waals surface area contributed by atoms with Crippen LogP contribution in [0.3, 0.4) is 0 Å². The van der Waals surface area contributed by atoms with E-state index >= 15 is 0 Å². The Morgan fingerprint density at radius 3 is 2.33 bits per heavy atom. The monoisotopic (exact) mass is 331 g/mol. The summed E-state index contributed by atoms with van der Waals surface area (Å²) in [6.45, 7) is 1.91. The number of ether oxygens (including phenoxy) is 3. The van der Waals surface area contributed by atoms with Gasteiger partial charge in [-0.15, -0.1) is 0 Å². The second-order valence-corrected chi connectivity index (χ2v) is 4.96. The van der Waals surface area contributed by atoms with Gasteiger partial charge in [0.05, 0.1) is 45.4 Å². The van der Waals surface area contributed by atoms with E-state index in [4.69, 9.17) is 19.0 Å². The summed E-state index contributed by atoms with van der Waals surface area (Å²) in [5.74, 6) is 0.858. The van der Waals surface area contributed by atoms with E-state index in [1.165, 1.54) is 7.11 Å². The number of methoxy groups -OCH3 is 3. The number of anilines is 2. The fourth-order valence-electron chi connectivity index (χ4n) is 2.51. The van der Waals surface area contributed by atoms with E-state index in [9.17, 15) is 4.79 Å². The fraction of sp³-hybridized carbons (Fsp3) is 0.278. The highest BCUT2D eigenvalue weighted by Crippen LogP contribution is 2.39. The molecule has 24 heavy (non-hydrogen) atoms. The molecule has 6 nitrogen and oxygen atoms in total. The summed E-state index contributed by atoms with van der Waals surface area (Å²) in [5, 5.41) is 1.61. The van der Waals surface area contributed by atoms with Crippen molar-refractivity contribution < 1.29 is 23.8 Å². The number of carbonyl (C=O) groups is 1. The molecule has 2 aromatic carbocycles. The molecule has 0 aliphatic rings. The number of esters is 1. The van der Waals surface area contributed by atoms with Gasteiger partial charge in [0.1, 0.15) is 0 Å². The average molecular weight is 331 g/mol. The van der Waals surface area contributed by atoms with Crippen LogP contribution in [-0.2, 0) is 9.57 Å². The maximum absolute atomic E-state index is 11.7. The third-order valence-electron chi connectivity index (χ3n) is 3.67. The lowest BCUT2D eigenvalue weighted by atomic mass is 10.1. The maximum atomic E-state index is 11.7. The molecule has 0 radical (unpaired) electrons. The molecule has 0 spiro atoms. The molecule has 0 aromatic heterocycles. The summed E-state index contributed by atoms with van der Waals surface area (Å²) in [4.78, 5) is 17.3. The molecule has 0 heterocycles. The molecule has 0 saturated heterocycles. The van der Waals surface area contributed by atoms with Crippen LogP contribution in [0.5, 0.6) is 11.5 Å². The molecule has 0 N–H and O–H groups in total. The molecule has 2 aromatic rings. The summed E-state index contributed by atoms with van der Waals surface area (Å²) in [5.41, 5.74) is 2.75. The number of nitrogens with zero attached hydrogens (tertiary/aromatic N) is 1. The number of hydrogen-bond acceptors (Lipinski definition) is 6. The molecular formula is C18H21NO5. The highest BCUT2D eigenvalue weighted by molar-refractivity contribution is 5.90. The zero-order chi connectivity index (χ0) is 17.7. The minimum atomic E-state index is -0.406. The SMILES string of the molecule is COC(=O)c1cccc(N(OC)c2ccc(OC)c(OC)c2C)c1. The van der Waals surface area contributed by atoms with Gasteiger partial charge in [-0.25, -0.2) is 9.86 Å². The third-order valence-corrected chi connectivity index (χ3v) is 3.67. The highest BCUT2D eigenvalue weighted by atomic mass is 16.7. The first kappa shape index (κ1) is 17.6. The lowest BCUT2D eigenvalue weighted by Gasteiger charge is -2.25. The topological polar surface area (TPSA) is 57.2 Å². The molecule has 0 aliphatic heterocycles. The Morgan fingerprint density at radius 2 is 1.75 bits per heavy atom. The first-order valence-corrected chi connectivity index (χ1v) is 7.31. The Labute approximate surface area is 141 Å². The zero-order valence-electron chi connectivity index (χ0n) is 14.5. The second-order valence-electron chi connectivity index (χ2n) is 4.96. The van der Waals surface area contributed by atoms with Gasteiger partial charge in [-0.2, -0.15) is 0 Å². The molecule has 0 fully saturated rings. The van der Waals surface area contributed by atoms with E-state index in [0.717, 1.165) is 11.3 Å². The molecule has 0 bridgehead atoms. The van der Waals surface area contributed by atoms with Gasteiger partial charge in [-0.05, 0) is 37.3 Å². The van der Waals surface area contributed by atoms with Crippen LogP contribution in [-0.4, -0.2) is 34.4 Å². The number of rotatable bonds is 6. The smallest absolute Gasteiger partial charge is 0.337 e. The van der Waals surface area contributed by atoms with E-state index in [-0.39, 0.29) is 0 Å². The van der Waals surface area contributed by atoms with Crippen LogP contribution in [0.4, 0.5) is 11.4 Å². The van der Waals surface area contributed by atoms with Crippen LogP contribution >= 0.6 is 0 Å². The molecule has 2 rings (SSSR count). The standard InChI is InChI=1S/C18H21NO5/c1-12-15(9-10-16(21-2)17(12)22-3)19(24-5)14-8-6-7-13(11-14)18(20)23-4/h6-11H,1-5H3. The molecule has 0 atom stereocenters. The van der Waals surface area contributed by atoms with Crippen LogP contribution in [0, 0.1) is 6.92 Å². The normalized spacial score (nSPS) is 10.2. The predicted molar refractivity (Wildman–Crippen MR) is 91.2 cm³/mol. The van der Waals surface area contributed by atoms with Crippen LogP contribution in [0.15, 0.2) is 36.4 Å². The minimum Gasteiger partial charge on any atom is -0.493 e. The largest absolute Gasteiger partial charge is 0.493 e. The molecule has 0 unspecified atom stereocenters. The Kier molecular flexibility index (Phi) is 5.65. The van der Waals surface area contributed by atoms with Crippen LogP contribution in [0.25, 0.3) is 0 Å². The van der Waals surface area contributed by atoms with Gasteiger partial charge in [0.25, 0.3) is 0 Å². The van der Waals surface area contributed by atoms with E-state index in [2.05, 4.69) is 0 Å². The summed E-state index contributed by atoms with van der Waals surface area (Å²) in [7, 11) is 6.08. The van der Waals surface area contributed by atoms with Gasteiger partial charge in [-0.1, -0.05) is 6.07 Å². The summed E-state index contributed by atoms with van der Waals surface area (Å²) < 4.78 is 15.5. The first-order valence-electron chi connectivity index (χ1n) is 7.31. The van der Waals surface area contributed by atoms with Gasteiger partial charge in [0.15, 0.2) is 11.5 Å². The quantitative estimate of drug-likeness (QED) is 0.596. The lowest BCUT2D eigenvalue weighted by molar-refractivity contribution is 0.0600. The molecule has 128 valence electrons. The van der Waals surface area contributed by atoms with Crippen molar-refractivity contribution in [2.45, 2.75) is 6.92 Å². The van der Waals surface area contributed by atoms with Crippen molar-refractivity contribution in [3.63, 3.8) is 0 Å². The van der Waals surface area contributed by atoms with E-state index in [1.807, 2.05) is 19.1 Å². The van der Waals surface area contributed by atoms with Crippen molar-refractivity contribution in [3.05, 3.63) is 47.5 Å². The van der Waals surface area contributed by atoms with Gasteiger partial charge in [0, 0.05) is 5.56 Å². The third kappa shape index (κ3) is 3.28. The summed E-state index contributed by atoms with van der Waals surface area (Å²) in [6.07, 6.45) is 0. The minimum absolute atomic E-state index is 0.406. The van der Waals surface area contributed by atoms with Crippen molar-refractivity contribution in [3.8, 4) is 11.5 Å². The van der Waals surface area contributed by atoms with Crippen LogP contribution in [0.1, 0.15) is 15.9 Å². The van der Waals surface area contributed by atoms with E-state index in [0.29, 0.717) is 22.7 Å². The van der Waals surface area contributed by atoms with Crippen molar-refractivity contribution in [1.82, 2.24) is 0 Å². The lowest BCUT2D eigenvalue weighted by Crippen LogP contribution is -2.17. The molecular weight excluding hydrogens is 310 g/mol. The second kappa shape index (κ2) is 7.70. The Hall–Kier alpha value is -2.73. The Balaban J connectivity index is 2.51. The van der Waals surface area contributed by atoms with Crippen LogP contribution < -0.4 is 14.5 Å². The fourth-order valence-corrected chi connectivity index (χ4v) is 2.51. The number of hydrogen-bond donors (Lipinski definition) is 0. The average Bonchev–Trinajstić information content (AvgIpc) is 2.62. The van der Waals surface area contributed by atoms with Gasteiger partial charge < -0.3 is 14.2 Å². The number of carbonyl (C=O) groups excluding carboxylic acids is 1. The van der Waals surface area contributed by atoms with Crippen molar-refractivity contribution in [2.75, 3.05) is 33.5 Å². The van der Waals surface area contributed by atoms with Gasteiger partial charge >= 0.3 is 5.97 Å². The highest BCUT2D eigenvalue weighted by Gasteiger charge is 2.18. The molecule has 6 heteroatoms. The Bertz CT molecular complexity index is 729. The summed E-state index contributed by atoms with van der Waals surface area (Å²) in [6, 6.07) is 10.7. The molecule has 0 amide bonds. The summed E-state index contributed by atoms with van der Waals surface area (Å²) >= 11 is 0. The maximum Gasteiger partial charge on any atom is 0.337 e. The van der Waals surface area contributed by atoms with Gasteiger partial charge in [-0.3, -0.25) is 4.84 Å². The molecule has 0 saturated carbocycles. The van der Waals surface area contributed by atoms with Crippen LogP contribution in [0.2, 0.25) is 0 Å².